The fraction of sp³-hybridized carbons (Fsp3) is 0.100. The second-order valence-electron chi connectivity index (χ2n) is 5.49. The largest absolute Gasteiger partial charge is 0.406 e. The first-order chi connectivity index (χ1) is 13.2. The van der Waals surface area contributed by atoms with E-state index in [1.165, 1.54) is 11.8 Å². The summed E-state index contributed by atoms with van der Waals surface area (Å²) < 4.78 is 1.01. The molecule has 2 aromatic carbocycles. The molecule has 1 aromatic heterocycles. The van der Waals surface area contributed by atoms with Crippen LogP contribution in [0.2, 0.25) is 0 Å². The highest BCUT2D eigenvalue weighted by Crippen LogP contribution is 2.28. The molecule has 6 nitrogen and oxygen atoms in total. The van der Waals surface area contributed by atoms with Gasteiger partial charge in [-0.25, -0.2) is 4.79 Å². The number of aliphatic hydroxyl groups is 1. The van der Waals surface area contributed by atoms with Gasteiger partial charge < -0.3 is 9.94 Å². The van der Waals surface area contributed by atoms with Crippen LogP contribution in [0.4, 0.5) is 0 Å². The van der Waals surface area contributed by atoms with Gasteiger partial charge in [-0.15, -0.1) is 4.73 Å². The third-order valence-corrected chi connectivity index (χ3v) is 4.66. The minimum absolute atomic E-state index is 0.0733. The van der Waals surface area contributed by atoms with E-state index in [1.54, 1.807) is 12.2 Å². The molecule has 7 heteroatoms. The lowest BCUT2D eigenvalue weighted by molar-refractivity contribution is 0.0517. The summed E-state index contributed by atoms with van der Waals surface area (Å²) in [6.07, 6.45) is 3.44. The molecule has 1 heterocycles. The molecule has 0 saturated carbocycles. The zero-order valence-electron chi connectivity index (χ0n) is 14.4. The first-order valence-electron chi connectivity index (χ1n) is 8.28. The molecule has 0 unspecified atom stereocenters. The molecule has 0 spiro atoms. The maximum absolute atomic E-state index is 12.5. The van der Waals surface area contributed by atoms with Crippen LogP contribution in [0.15, 0.2) is 80.2 Å². The lowest BCUT2D eigenvalue weighted by atomic mass is 10.2. The quantitative estimate of drug-likeness (QED) is 0.613. The van der Waals surface area contributed by atoms with Gasteiger partial charge in [0, 0.05) is 4.90 Å². The van der Waals surface area contributed by atoms with Crippen LogP contribution in [-0.4, -0.2) is 28.0 Å². The van der Waals surface area contributed by atoms with Gasteiger partial charge in [-0.3, -0.25) is 9.78 Å². The standard InChI is InChI=1S/C20H18N2O4S/c23-13-14-26-22-19(27-16-9-5-2-6-10-16)17(18(24)21-20(22)25)12-11-15-7-3-1-4-8-15/h1-12,23H,13-14H2,(H,21,24,25)/b12-11+. The van der Waals surface area contributed by atoms with E-state index < -0.39 is 11.2 Å². The molecule has 0 atom stereocenters. The number of aromatic nitrogens is 2. The Bertz CT molecular complexity index is 1030. The third kappa shape index (κ3) is 4.78. The molecule has 0 aliphatic heterocycles. The SMILES string of the molecule is O=c1[nH]c(=O)n(OCCO)c(Sc2ccccc2)c1/C=C/c1ccccc1. The van der Waals surface area contributed by atoms with Crippen molar-refractivity contribution in [1.82, 2.24) is 9.71 Å². The molecule has 27 heavy (non-hydrogen) atoms. The summed E-state index contributed by atoms with van der Waals surface area (Å²) in [4.78, 5) is 33.2. The topological polar surface area (TPSA) is 84.3 Å². The molecule has 0 radical (unpaired) electrons. The Morgan fingerprint density at radius 2 is 1.67 bits per heavy atom. The highest BCUT2D eigenvalue weighted by molar-refractivity contribution is 7.99. The Morgan fingerprint density at radius 3 is 2.33 bits per heavy atom. The van der Waals surface area contributed by atoms with Gasteiger partial charge in [-0.2, -0.15) is 0 Å². The summed E-state index contributed by atoms with van der Waals surface area (Å²) in [6, 6.07) is 18.9. The van der Waals surface area contributed by atoms with Crippen molar-refractivity contribution in [2.24, 2.45) is 0 Å². The van der Waals surface area contributed by atoms with Gasteiger partial charge in [-0.05, 0) is 23.8 Å². The smallest absolute Gasteiger partial charge is 0.362 e. The zero-order chi connectivity index (χ0) is 19.1. The highest BCUT2D eigenvalue weighted by atomic mass is 32.2. The van der Waals surface area contributed by atoms with Crippen molar-refractivity contribution in [1.29, 1.82) is 0 Å². The number of hydrogen-bond acceptors (Lipinski definition) is 5. The lowest BCUT2D eigenvalue weighted by Gasteiger charge is -2.14. The van der Waals surface area contributed by atoms with E-state index >= 15 is 0 Å². The Balaban J connectivity index is 2.10. The van der Waals surface area contributed by atoms with Crippen molar-refractivity contribution in [2.45, 2.75) is 9.92 Å². The van der Waals surface area contributed by atoms with Gasteiger partial charge in [-0.1, -0.05) is 66.4 Å². The Hall–Kier alpha value is -3.03. The number of H-pyrrole nitrogens is 1. The van der Waals surface area contributed by atoms with Gasteiger partial charge in [0.1, 0.15) is 11.6 Å². The van der Waals surface area contributed by atoms with E-state index in [0.717, 1.165) is 15.2 Å². The fourth-order valence-electron chi connectivity index (χ4n) is 2.35. The molecule has 0 saturated heterocycles. The van der Waals surface area contributed by atoms with Crippen molar-refractivity contribution < 1.29 is 9.94 Å². The average Bonchev–Trinajstić information content (AvgIpc) is 2.69. The molecular formula is C20H18N2O4S. The summed E-state index contributed by atoms with van der Waals surface area (Å²) in [6.45, 7) is -0.327. The van der Waals surface area contributed by atoms with Crippen molar-refractivity contribution in [2.75, 3.05) is 13.2 Å². The van der Waals surface area contributed by atoms with E-state index in [-0.39, 0.29) is 13.2 Å². The average molecular weight is 382 g/mol. The van der Waals surface area contributed by atoms with Gasteiger partial charge in [0.05, 0.1) is 12.2 Å². The monoisotopic (exact) mass is 382 g/mol. The molecule has 3 aromatic rings. The van der Waals surface area contributed by atoms with E-state index in [0.29, 0.717) is 10.6 Å². The summed E-state index contributed by atoms with van der Waals surface area (Å²) in [5, 5.41) is 9.39. The summed E-state index contributed by atoms with van der Waals surface area (Å²) >= 11 is 1.24. The van der Waals surface area contributed by atoms with Crippen LogP contribution in [0, 0.1) is 0 Å². The van der Waals surface area contributed by atoms with Crippen molar-refractivity contribution >= 4 is 23.9 Å². The molecule has 138 valence electrons. The maximum atomic E-state index is 12.5. The molecule has 3 rings (SSSR count). The molecule has 0 aliphatic carbocycles. The predicted octanol–water partition coefficient (Wildman–Crippen LogP) is 2.28. The van der Waals surface area contributed by atoms with Crippen LogP contribution in [0.5, 0.6) is 0 Å². The van der Waals surface area contributed by atoms with Crippen LogP contribution < -0.4 is 16.1 Å². The van der Waals surface area contributed by atoms with Crippen molar-refractivity contribution in [3.8, 4) is 0 Å². The van der Waals surface area contributed by atoms with E-state index in [4.69, 9.17) is 9.94 Å². The van der Waals surface area contributed by atoms with E-state index in [1.807, 2.05) is 60.7 Å². The number of nitrogens with one attached hydrogen (secondary N) is 1. The van der Waals surface area contributed by atoms with Crippen molar-refractivity contribution in [3.63, 3.8) is 0 Å². The third-order valence-electron chi connectivity index (χ3n) is 3.58. The van der Waals surface area contributed by atoms with Crippen molar-refractivity contribution in [3.05, 3.63) is 92.6 Å². The Kier molecular flexibility index (Phi) is 6.30. The predicted molar refractivity (Wildman–Crippen MR) is 106 cm³/mol. The molecule has 0 bridgehead atoms. The van der Waals surface area contributed by atoms with Gasteiger partial charge in [0.15, 0.2) is 0 Å². The van der Waals surface area contributed by atoms with Gasteiger partial charge >= 0.3 is 5.69 Å². The lowest BCUT2D eigenvalue weighted by Crippen LogP contribution is -2.37. The number of nitrogens with zero attached hydrogens (tertiary/aromatic N) is 1. The van der Waals surface area contributed by atoms with Crippen LogP contribution in [0.3, 0.4) is 0 Å². The molecular weight excluding hydrogens is 364 g/mol. The second kappa shape index (κ2) is 9.07. The molecule has 0 aliphatic rings. The van der Waals surface area contributed by atoms with Gasteiger partial charge in [0.25, 0.3) is 5.56 Å². The summed E-state index contributed by atoms with van der Waals surface area (Å²) in [5.41, 5.74) is 0.0186. The van der Waals surface area contributed by atoms with Crippen LogP contribution in [-0.2, 0) is 0 Å². The summed E-state index contributed by atoms with van der Waals surface area (Å²) in [5.74, 6) is 0. The van der Waals surface area contributed by atoms with Crippen LogP contribution >= 0.6 is 11.8 Å². The van der Waals surface area contributed by atoms with Crippen LogP contribution in [0.25, 0.3) is 12.2 Å². The fourth-order valence-corrected chi connectivity index (χ4v) is 3.36. The number of aromatic amines is 1. The first-order valence-corrected chi connectivity index (χ1v) is 9.10. The number of aliphatic hydroxyl groups excluding tert-OH is 1. The van der Waals surface area contributed by atoms with Crippen LogP contribution in [0.1, 0.15) is 11.1 Å². The number of rotatable bonds is 7. The molecule has 2 N–H and O–H groups in total. The maximum Gasteiger partial charge on any atom is 0.362 e. The molecule has 0 amide bonds. The normalized spacial score (nSPS) is 11.0. The second-order valence-corrected chi connectivity index (χ2v) is 6.55. The number of hydrogen-bond donors (Lipinski definition) is 2. The zero-order valence-corrected chi connectivity index (χ0v) is 15.2. The minimum Gasteiger partial charge on any atom is -0.406 e. The summed E-state index contributed by atoms with van der Waals surface area (Å²) in [7, 11) is 0. The number of benzene rings is 2. The first kappa shape index (κ1) is 18.8. The minimum atomic E-state index is -0.691. The van der Waals surface area contributed by atoms with Gasteiger partial charge in [0.2, 0.25) is 0 Å². The highest BCUT2D eigenvalue weighted by Gasteiger charge is 2.16. The van der Waals surface area contributed by atoms with E-state index in [9.17, 15) is 9.59 Å². The Labute approximate surface area is 159 Å². The Morgan fingerprint density at radius 1 is 1.00 bits per heavy atom. The molecule has 0 fully saturated rings. The van der Waals surface area contributed by atoms with E-state index in [2.05, 4.69) is 4.98 Å².